The molecule has 1 heterocycles. The first-order valence-corrected chi connectivity index (χ1v) is 7.17. The summed E-state index contributed by atoms with van der Waals surface area (Å²) < 4.78 is 0. The second-order valence-electron chi connectivity index (χ2n) is 4.63. The third-order valence-electron chi connectivity index (χ3n) is 3.20. The molecule has 0 aliphatic carbocycles. The number of aromatic nitrogens is 2. The summed E-state index contributed by atoms with van der Waals surface area (Å²) in [6, 6.07) is 15.5. The van der Waals surface area contributed by atoms with E-state index < -0.39 is 0 Å². The average Bonchev–Trinajstić information content (AvgIpc) is 2.92. The molecule has 106 valence electrons. The Kier molecular flexibility index (Phi) is 3.88. The highest BCUT2D eigenvalue weighted by molar-refractivity contribution is 6.30. The monoisotopic (exact) mass is 298 g/mol. The van der Waals surface area contributed by atoms with Gasteiger partial charge in [-0.1, -0.05) is 42.8 Å². The fraction of sp³-hybridized carbons (Fsp3) is 0.125. The van der Waals surface area contributed by atoms with Crippen LogP contribution in [-0.2, 0) is 0 Å². The van der Waals surface area contributed by atoms with Crippen molar-refractivity contribution in [2.75, 3.05) is 5.43 Å². The zero-order chi connectivity index (χ0) is 14.7. The molecule has 0 bridgehead atoms. The molecule has 2 N–H and O–H groups in total. The van der Waals surface area contributed by atoms with Crippen LogP contribution in [0.3, 0.4) is 0 Å². The molecule has 0 unspecified atom stereocenters. The van der Waals surface area contributed by atoms with Gasteiger partial charge in [0.2, 0.25) is 5.95 Å². The summed E-state index contributed by atoms with van der Waals surface area (Å²) in [5.74, 6) is 0.635. The van der Waals surface area contributed by atoms with Crippen molar-refractivity contribution >= 4 is 34.3 Å². The summed E-state index contributed by atoms with van der Waals surface area (Å²) in [6.07, 6.45) is 0.814. The van der Waals surface area contributed by atoms with Crippen molar-refractivity contribution in [2.24, 2.45) is 5.10 Å². The van der Waals surface area contributed by atoms with E-state index in [0.29, 0.717) is 5.95 Å². The van der Waals surface area contributed by atoms with E-state index in [4.69, 9.17) is 11.6 Å². The van der Waals surface area contributed by atoms with Gasteiger partial charge in [-0.2, -0.15) is 5.10 Å². The van der Waals surface area contributed by atoms with Gasteiger partial charge in [-0.15, -0.1) is 0 Å². The number of hydrogen-bond donors (Lipinski definition) is 2. The van der Waals surface area contributed by atoms with Crippen LogP contribution in [0.15, 0.2) is 53.6 Å². The smallest absolute Gasteiger partial charge is 0.222 e. The maximum absolute atomic E-state index is 5.91. The normalized spacial score (nSPS) is 11.8. The van der Waals surface area contributed by atoms with Crippen LogP contribution in [0.25, 0.3) is 11.0 Å². The number of H-pyrrole nitrogens is 1. The average molecular weight is 299 g/mol. The zero-order valence-corrected chi connectivity index (χ0v) is 12.4. The molecule has 3 rings (SSSR count). The molecule has 0 saturated carbocycles. The highest BCUT2D eigenvalue weighted by Gasteiger charge is 2.03. The molecule has 0 atom stereocenters. The number of nitrogens with one attached hydrogen (secondary N) is 2. The van der Waals surface area contributed by atoms with E-state index in [-0.39, 0.29) is 0 Å². The molecule has 0 aliphatic heterocycles. The highest BCUT2D eigenvalue weighted by atomic mass is 35.5. The summed E-state index contributed by atoms with van der Waals surface area (Å²) >= 11 is 5.91. The largest absolute Gasteiger partial charge is 0.323 e. The number of hydrazone groups is 1. The van der Waals surface area contributed by atoms with E-state index in [2.05, 4.69) is 27.4 Å². The van der Waals surface area contributed by atoms with Crippen LogP contribution >= 0.6 is 11.6 Å². The van der Waals surface area contributed by atoms with E-state index in [9.17, 15) is 0 Å². The number of anilines is 1. The van der Waals surface area contributed by atoms with E-state index in [1.807, 2.05) is 48.5 Å². The molecule has 0 radical (unpaired) electrons. The first-order chi connectivity index (χ1) is 10.3. The summed E-state index contributed by atoms with van der Waals surface area (Å²) in [5.41, 5.74) is 6.89. The molecule has 2 aromatic carbocycles. The molecule has 3 aromatic rings. The first-order valence-electron chi connectivity index (χ1n) is 6.79. The molecule has 21 heavy (non-hydrogen) atoms. The number of hydrogen-bond acceptors (Lipinski definition) is 3. The maximum Gasteiger partial charge on any atom is 0.222 e. The lowest BCUT2D eigenvalue weighted by molar-refractivity contribution is 1.17. The van der Waals surface area contributed by atoms with Crippen LogP contribution in [0.4, 0.5) is 5.95 Å². The fourth-order valence-electron chi connectivity index (χ4n) is 2.12. The molecular weight excluding hydrogens is 284 g/mol. The Morgan fingerprint density at radius 1 is 1.19 bits per heavy atom. The molecule has 0 saturated heterocycles. The Bertz CT molecular complexity index is 741. The highest BCUT2D eigenvalue weighted by Crippen LogP contribution is 2.15. The minimum Gasteiger partial charge on any atom is -0.323 e. The molecule has 4 nitrogen and oxygen atoms in total. The van der Waals surface area contributed by atoms with Gasteiger partial charge in [0, 0.05) is 5.02 Å². The van der Waals surface area contributed by atoms with Gasteiger partial charge >= 0.3 is 0 Å². The van der Waals surface area contributed by atoms with Crippen molar-refractivity contribution in [3.8, 4) is 0 Å². The van der Waals surface area contributed by atoms with E-state index in [0.717, 1.165) is 33.8 Å². The molecule has 0 aliphatic rings. The van der Waals surface area contributed by atoms with Gasteiger partial charge in [-0.25, -0.2) is 10.4 Å². The predicted octanol–water partition coefficient (Wildman–Crippen LogP) is 4.44. The minimum atomic E-state index is 0.635. The van der Waals surface area contributed by atoms with Crippen molar-refractivity contribution in [1.29, 1.82) is 0 Å². The van der Waals surface area contributed by atoms with Crippen molar-refractivity contribution in [3.05, 3.63) is 59.1 Å². The number of halogens is 1. The lowest BCUT2D eigenvalue weighted by atomic mass is 10.1. The quantitative estimate of drug-likeness (QED) is 0.552. The number of para-hydroxylation sites is 2. The Labute approximate surface area is 127 Å². The lowest BCUT2D eigenvalue weighted by Crippen LogP contribution is -2.03. The first kappa shape index (κ1) is 13.6. The fourth-order valence-corrected chi connectivity index (χ4v) is 2.24. The lowest BCUT2D eigenvalue weighted by Gasteiger charge is -2.04. The Morgan fingerprint density at radius 2 is 1.95 bits per heavy atom. The summed E-state index contributed by atoms with van der Waals surface area (Å²) in [5, 5.41) is 5.16. The van der Waals surface area contributed by atoms with Crippen molar-refractivity contribution < 1.29 is 0 Å². The summed E-state index contributed by atoms with van der Waals surface area (Å²) in [6.45, 7) is 2.06. The van der Waals surface area contributed by atoms with Gasteiger partial charge in [0.15, 0.2) is 0 Å². The van der Waals surface area contributed by atoms with Crippen LogP contribution < -0.4 is 5.43 Å². The third kappa shape index (κ3) is 3.06. The van der Waals surface area contributed by atoms with Gasteiger partial charge in [0.05, 0.1) is 16.7 Å². The number of nitrogens with zero attached hydrogens (tertiary/aromatic N) is 2. The molecule has 0 spiro atoms. The Balaban J connectivity index is 1.83. The number of fused-ring (bicyclic) bond motifs is 1. The summed E-state index contributed by atoms with van der Waals surface area (Å²) in [7, 11) is 0. The van der Waals surface area contributed by atoms with Crippen LogP contribution in [0.2, 0.25) is 5.02 Å². The van der Waals surface area contributed by atoms with Crippen LogP contribution in [-0.4, -0.2) is 15.7 Å². The zero-order valence-electron chi connectivity index (χ0n) is 11.6. The molecular formula is C16H15ClN4. The maximum atomic E-state index is 5.91. The number of aromatic amines is 1. The number of benzene rings is 2. The van der Waals surface area contributed by atoms with Crippen LogP contribution in [0.5, 0.6) is 0 Å². The molecule has 5 heteroatoms. The number of imidazole rings is 1. The van der Waals surface area contributed by atoms with E-state index in [1.165, 1.54) is 0 Å². The second-order valence-corrected chi connectivity index (χ2v) is 5.07. The van der Waals surface area contributed by atoms with Crippen molar-refractivity contribution in [1.82, 2.24) is 9.97 Å². The molecule has 0 amide bonds. The Hall–Kier alpha value is -2.33. The summed E-state index contributed by atoms with van der Waals surface area (Å²) in [4.78, 5) is 7.62. The topological polar surface area (TPSA) is 53.1 Å². The van der Waals surface area contributed by atoms with Gasteiger partial charge in [0.25, 0.3) is 0 Å². The third-order valence-corrected chi connectivity index (χ3v) is 3.45. The van der Waals surface area contributed by atoms with Crippen LogP contribution in [0, 0.1) is 0 Å². The van der Waals surface area contributed by atoms with Crippen molar-refractivity contribution in [3.63, 3.8) is 0 Å². The second kappa shape index (κ2) is 5.97. The standard InChI is InChI=1S/C16H15ClN4/c1-2-13(11-7-9-12(17)10-8-11)20-21-16-18-14-5-3-4-6-15(14)19-16/h3-10H,2H2,1H3,(H2,18,19,21)/b20-13-. The van der Waals surface area contributed by atoms with Crippen molar-refractivity contribution in [2.45, 2.75) is 13.3 Å². The Morgan fingerprint density at radius 3 is 2.67 bits per heavy atom. The molecule has 1 aromatic heterocycles. The SMILES string of the molecule is CC/C(=N/Nc1nc2ccccc2[nH]1)c1ccc(Cl)cc1. The van der Waals surface area contributed by atoms with Gasteiger partial charge in [-0.3, -0.25) is 0 Å². The van der Waals surface area contributed by atoms with Gasteiger partial charge < -0.3 is 4.98 Å². The van der Waals surface area contributed by atoms with Gasteiger partial charge in [0.1, 0.15) is 0 Å². The van der Waals surface area contributed by atoms with E-state index in [1.54, 1.807) is 0 Å². The minimum absolute atomic E-state index is 0.635. The van der Waals surface area contributed by atoms with Gasteiger partial charge in [-0.05, 0) is 36.2 Å². The number of rotatable bonds is 4. The van der Waals surface area contributed by atoms with E-state index >= 15 is 0 Å². The predicted molar refractivity (Wildman–Crippen MR) is 88.0 cm³/mol. The molecule has 0 fully saturated rings. The van der Waals surface area contributed by atoms with Crippen LogP contribution in [0.1, 0.15) is 18.9 Å².